The predicted octanol–water partition coefficient (Wildman–Crippen LogP) is 3.26. The lowest BCUT2D eigenvalue weighted by Gasteiger charge is -2.34. The molecule has 0 aliphatic carbocycles. The standard InChI is InChI=1S/C27H34N2O5/c1-27(2,3)21-11-13-22(14-12-21)34-19-24(30)29-16-15-28-26(32)23(29)18-25(31)33-17-7-10-20-8-5-4-6-9-20/h4-6,8-9,11-14,23H,7,10,15-19H2,1-3H3,(H,28,32). The molecule has 1 N–H and O–H groups in total. The topological polar surface area (TPSA) is 84.9 Å². The van der Waals surface area contributed by atoms with Crippen LogP contribution in [-0.4, -0.2) is 55.0 Å². The smallest absolute Gasteiger partial charge is 0.308 e. The first-order valence-corrected chi connectivity index (χ1v) is 11.7. The molecule has 0 radical (unpaired) electrons. The van der Waals surface area contributed by atoms with Gasteiger partial charge < -0.3 is 19.7 Å². The minimum absolute atomic E-state index is 0.0267. The number of hydrogen-bond donors (Lipinski definition) is 1. The molecule has 0 aromatic heterocycles. The molecule has 2 aromatic rings. The van der Waals surface area contributed by atoms with Crippen LogP contribution in [0.4, 0.5) is 0 Å². The molecule has 0 bridgehead atoms. The molecule has 1 fully saturated rings. The number of carbonyl (C=O) groups is 3. The van der Waals surface area contributed by atoms with Gasteiger partial charge in [0.1, 0.15) is 11.8 Å². The summed E-state index contributed by atoms with van der Waals surface area (Å²) >= 11 is 0. The molecule has 1 unspecified atom stereocenters. The second-order valence-corrected chi connectivity index (χ2v) is 9.47. The van der Waals surface area contributed by atoms with Crippen LogP contribution in [0.3, 0.4) is 0 Å². The minimum atomic E-state index is -0.894. The van der Waals surface area contributed by atoms with E-state index in [2.05, 4.69) is 26.1 Å². The summed E-state index contributed by atoms with van der Waals surface area (Å²) in [4.78, 5) is 39.0. The molecule has 182 valence electrons. The zero-order valence-corrected chi connectivity index (χ0v) is 20.2. The van der Waals surface area contributed by atoms with Crippen molar-refractivity contribution in [3.05, 3.63) is 65.7 Å². The van der Waals surface area contributed by atoms with Crippen LogP contribution in [0.2, 0.25) is 0 Å². The number of aryl methyl sites for hydroxylation is 1. The van der Waals surface area contributed by atoms with Gasteiger partial charge in [-0.3, -0.25) is 14.4 Å². The quantitative estimate of drug-likeness (QED) is 0.453. The van der Waals surface area contributed by atoms with E-state index in [-0.39, 0.29) is 36.9 Å². The number of carbonyl (C=O) groups excluding carboxylic acids is 3. The molecule has 1 saturated heterocycles. The summed E-state index contributed by atoms with van der Waals surface area (Å²) in [5.74, 6) is -0.601. The summed E-state index contributed by atoms with van der Waals surface area (Å²) in [5, 5.41) is 2.72. The summed E-state index contributed by atoms with van der Waals surface area (Å²) in [6.07, 6.45) is 1.32. The maximum Gasteiger partial charge on any atom is 0.308 e. The molecule has 0 saturated carbocycles. The van der Waals surface area contributed by atoms with Gasteiger partial charge in [0.05, 0.1) is 13.0 Å². The molecule has 1 aliphatic heterocycles. The number of benzene rings is 2. The molecular weight excluding hydrogens is 432 g/mol. The molecule has 3 rings (SSSR count). The second kappa shape index (κ2) is 11.7. The molecule has 2 aromatic carbocycles. The lowest BCUT2D eigenvalue weighted by Crippen LogP contribution is -2.58. The number of esters is 1. The van der Waals surface area contributed by atoms with Crippen molar-refractivity contribution in [2.75, 3.05) is 26.3 Å². The first-order chi connectivity index (χ1) is 16.2. The Morgan fingerprint density at radius 2 is 1.76 bits per heavy atom. The third-order valence-electron chi connectivity index (χ3n) is 5.81. The molecule has 7 nitrogen and oxygen atoms in total. The van der Waals surface area contributed by atoms with E-state index in [1.165, 1.54) is 16.0 Å². The number of nitrogens with one attached hydrogen (secondary N) is 1. The van der Waals surface area contributed by atoms with Crippen molar-refractivity contribution in [3.8, 4) is 5.75 Å². The molecule has 34 heavy (non-hydrogen) atoms. The Morgan fingerprint density at radius 3 is 2.44 bits per heavy atom. The van der Waals surface area contributed by atoms with Crippen molar-refractivity contribution in [1.82, 2.24) is 10.2 Å². The fourth-order valence-corrected chi connectivity index (χ4v) is 3.82. The van der Waals surface area contributed by atoms with Crippen molar-refractivity contribution in [3.63, 3.8) is 0 Å². The van der Waals surface area contributed by atoms with Crippen LogP contribution in [-0.2, 0) is 31.0 Å². The summed E-state index contributed by atoms with van der Waals surface area (Å²) in [6.45, 7) is 7.11. The fourth-order valence-electron chi connectivity index (χ4n) is 3.82. The lowest BCUT2D eigenvalue weighted by molar-refractivity contribution is -0.152. The van der Waals surface area contributed by atoms with Gasteiger partial charge in [-0.25, -0.2) is 0 Å². The van der Waals surface area contributed by atoms with Crippen LogP contribution >= 0.6 is 0 Å². The monoisotopic (exact) mass is 466 g/mol. The minimum Gasteiger partial charge on any atom is -0.484 e. The van der Waals surface area contributed by atoms with Gasteiger partial charge in [0.2, 0.25) is 5.91 Å². The molecule has 1 heterocycles. The van der Waals surface area contributed by atoms with E-state index < -0.39 is 12.0 Å². The Balaban J connectivity index is 1.48. The van der Waals surface area contributed by atoms with Gasteiger partial charge in [-0.1, -0.05) is 63.2 Å². The van der Waals surface area contributed by atoms with Crippen molar-refractivity contribution in [2.45, 2.75) is 51.5 Å². The first kappa shape index (κ1) is 25.3. The first-order valence-electron chi connectivity index (χ1n) is 11.7. The zero-order chi connectivity index (χ0) is 24.6. The predicted molar refractivity (Wildman–Crippen MR) is 129 cm³/mol. The number of nitrogens with zero attached hydrogens (tertiary/aromatic N) is 1. The average Bonchev–Trinajstić information content (AvgIpc) is 2.82. The van der Waals surface area contributed by atoms with E-state index in [0.717, 1.165) is 6.42 Å². The van der Waals surface area contributed by atoms with Gasteiger partial charge in [0, 0.05) is 13.1 Å². The van der Waals surface area contributed by atoms with E-state index in [9.17, 15) is 14.4 Å². The Hall–Kier alpha value is -3.35. The number of ether oxygens (including phenoxy) is 2. The molecule has 1 aliphatic rings. The van der Waals surface area contributed by atoms with Gasteiger partial charge in [-0.2, -0.15) is 0 Å². The van der Waals surface area contributed by atoms with Gasteiger partial charge in [-0.15, -0.1) is 0 Å². The zero-order valence-electron chi connectivity index (χ0n) is 20.2. The third kappa shape index (κ3) is 7.33. The van der Waals surface area contributed by atoms with E-state index in [1.807, 2.05) is 54.6 Å². The highest BCUT2D eigenvalue weighted by Crippen LogP contribution is 2.24. The van der Waals surface area contributed by atoms with Crippen molar-refractivity contribution in [1.29, 1.82) is 0 Å². The normalized spacial score (nSPS) is 16.0. The molecule has 7 heteroatoms. The third-order valence-corrected chi connectivity index (χ3v) is 5.81. The number of hydrogen-bond acceptors (Lipinski definition) is 5. The van der Waals surface area contributed by atoms with Gasteiger partial charge in [0.15, 0.2) is 6.61 Å². The fraction of sp³-hybridized carbons (Fsp3) is 0.444. The molecular formula is C27H34N2O5. The van der Waals surface area contributed by atoms with Crippen molar-refractivity contribution >= 4 is 17.8 Å². The van der Waals surface area contributed by atoms with Gasteiger partial charge >= 0.3 is 5.97 Å². The Kier molecular flexibility index (Phi) is 8.68. The summed E-state index contributed by atoms with van der Waals surface area (Å²) in [7, 11) is 0. The Labute approximate surface area is 201 Å². The van der Waals surface area contributed by atoms with Crippen LogP contribution in [0.15, 0.2) is 54.6 Å². The molecule has 1 atom stereocenters. The maximum absolute atomic E-state index is 12.8. The van der Waals surface area contributed by atoms with Crippen LogP contribution < -0.4 is 10.1 Å². The van der Waals surface area contributed by atoms with Crippen molar-refractivity contribution < 1.29 is 23.9 Å². The van der Waals surface area contributed by atoms with E-state index in [4.69, 9.17) is 9.47 Å². The van der Waals surface area contributed by atoms with E-state index in [1.54, 1.807) is 0 Å². The van der Waals surface area contributed by atoms with E-state index in [0.29, 0.717) is 25.3 Å². The van der Waals surface area contributed by atoms with Gasteiger partial charge in [0.25, 0.3) is 5.91 Å². The Morgan fingerprint density at radius 1 is 1.06 bits per heavy atom. The van der Waals surface area contributed by atoms with Crippen LogP contribution in [0.25, 0.3) is 0 Å². The number of piperazine rings is 1. The number of rotatable bonds is 9. The maximum atomic E-state index is 12.8. The van der Waals surface area contributed by atoms with E-state index >= 15 is 0 Å². The Bertz CT molecular complexity index is 967. The largest absolute Gasteiger partial charge is 0.484 e. The van der Waals surface area contributed by atoms with Gasteiger partial charge in [-0.05, 0) is 41.5 Å². The lowest BCUT2D eigenvalue weighted by atomic mass is 9.87. The molecule has 2 amide bonds. The molecule has 0 spiro atoms. The highest BCUT2D eigenvalue weighted by Gasteiger charge is 2.35. The summed E-state index contributed by atoms with van der Waals surface area (Å²) in [6, 6.07) is 16.7. The summed E-state index contributed by atoms with van der Waals surface area (Å²) < 4.78 is 11.0. The highest BCUT2D eigenvalue weighted by molar-refractivity contribution is 5.92. The van der Waals surface area contributed by atoms with Crippen LogP contribution in [0.1, 0.15) is 44.7 Å². The van der Waals surface area contributed by atoms with Crippen LogP contribution in [0, 0.1) is 0 Å². The average molecular weight is 467 g/mol. The number of amides is 2. The van der Waals surface area contributed by atoms with Crippen LogP contribution in [0.5, 0.6) is 5.75 Å². The van der Waals surface area contributed by atoms with Crippen molar-refractivity contribution in [2.24, 2.45) is 0 Å². The SMILES string of the molecule is CC(C)(C)c1ccc(OCC(=O)N2CCNC(=O)C2CC(=O)OCCCc2ccccc2)cc1. The second-order valence-electron chi connectivity index (χ2n) is 9.47. The summed E-state index contributed by atoms with van der Waals surface area (Å²) in [5.41, 5.74) is 2.37. The highest BCUT2D eigenvalue weighted by atomic mass is 16.5.